The zero-order valence-corrected chi connectivity index (χ0v) is 17.2. The highest BCUT2D eigenvalue weighted by Crippen LogP contribution is 2.61. The summed E-state index contributed by atoms with van der Waals surface area (Å²) in [4.78, 5) is 0. The van der Waals surface area contributed by atoms with Gasteiger partial charge in [-0.05, 0) is 99.3 Å². The minimum atomic E-state index is 0.535. The number of halogens is 1. The first-order valence-corrected chi connectivity index (χ1v) is 11.0. The highest BCUT2D eigenvalue weighted by Gasteiger charge is 2.52. The Morgan fingerprint density at radius 2 is 1.74 bits per heavy atom. The van der Waals surface area contributed by atoms with Crippen LogP contribution in [0.15, 0.2) is 34.7 Å². The molecule has 3 heteroatoms. The smallest absolute Gasteiger partial charge is 0.134 e. The lowest BCUT2D eigenvalue weighted by Gasteiger charge is -2.59. The van der Waals surface area contributed by atoms with E-state index in [4.69, 9.17) is 16.0 Å². The normalized spacial score (nSPS) is 32.8. The fourth-order valence-electron chi connectivity index (χ4n) is 6.67. The number of benzene rings is 1. The van der Waals surface area contributed by atoms with Gasteiger partial charge in [-0.25, -0.2) is 0 Å². The predicted molar refractivity (Wildman–Crippen MR) is 111 cm³/mol. The fourth-order valence-corrected chi connectivity index (χ4v) is 6.84. The van der Waals surface area contributed by atoms with Crippen LogP contribution in [0, 0.1) is 30.1 Å². The molecule has 1 aromatic carbocycles. The van der Waals surface area contributed by atoms with E-state index in [0.29, 0.717) is 11.5 Å². The molecule has 1 heterocycles. The first-order chi connectivity index (χ1) is 13.0. The van der Waals surface area contributed by atoms with Crippen molar-refractivity contribution in [2.24, 2.45) is 23.2 Å². The maximum Gasteiger partial charge on any atom is 0.134 e. The minimum absolute atomic E-state index is 0.535. The minimum Gasteiger partial charge on any atom is -0.460 e. The van der Waals surface area contributed by atoms with Gasteiger partial charge in [-0.15, -0.1) is 0 Å². The van der Waals surface area contributed by atoms with Crippen LogP contribution in [0.1, 0.15) is 56.8 Å². The number of hydrogen-bond donors (Lipinski definition) is 1. The second-order valence-corrected chi connectivity index (χ2v) is 9.97. The summed E-state index contributed by atoms with van der Waals surface area (Å²) < 4.78 is 6.15. The van der Waals surface area contributed by atoms with E-state index in [1.54, 1.807) is 0 Å². The largest absolute Gasteiger partial charge is 0.460 e. The Hall–Kier alpha value is -1.25. The second-order valence-electron chi connectivity index (χ2n) is 9.56. The molecular weight excluding hydrogens is 354 g/mol. The van der Waals surface area contributed by atoms with Crippen LogP contribution in [0.3, 0.4) is 0 Å². The zero-order chi connectivity index (χ0) is 18.6. The number of rotatable bonds is 5. The van der Waals surface area contributed by atoms with E-state index in [0.717, 1.165) is 52.0 Å². The van der Waals surface area contributed by atoms with Crippen molar-refractivity contribution in [3.05, 3.63) is 46.7 Å². The Morgan fingerprint density at radius 3 is 2.41 bits per heavy atom. The topological polar surface area (TPSA) is 25.2 Å². The molecule has 0 saturated heterocycles. The molecule has 4 bridgehead atoms. The molecule has 4 aliphatic rings. The fraction of sp³-hybridized carbons (Fsp3) is 0.583. The van der Waals surface area contributed by atoms with Crippen LogP contribution < -0.4 is 5.32 Å². The van der Waals surface area contributed by atoms with Crippen molar-refractivity contribution >= 4 is 11.6 Å². The summed E-state index contributed by atoms with van der Waals surface area (Å²) in [6, 6.07) is 10.7. The van der Waals surface area contributed by atoms with Gasteiger partial charge in [-0.3, -0.25) is 0 Å². The molecule has 4 fully saturated rings. The summed E-state index contributed by atoms with van der Waals surface area (Å²) >= 11 is 6.27. The molecule has 0 amide bonds. The van der Waals surface area contributed by atoms with E-state index < -0.39 is 0 Å². The standard InChI is InChI=1S/C24H30ClNO/c1-15-21(4-3-5-22(15)25)23-7-6-20(27-23)14-26-16(2)24-11-17-8-18(12-24)10-19(9-17)13-24/h3-7,16-19,26H,8-14H2,1-2H3/t16-,17?,18?,19?,24?/m1/s1. The third-order valence-electron chi connectivity index (χ3n) is 7.78. The van der Waals surface area contributed by atoms with Crippen molar-refractivity contribution in [3.63, 3.8) is 0 Å². The second kappa shape index (κ2) is 6.67. The Kier molecular flexibility index (Phi) is 4.40. The molecule has 0 unspecified atom stereocenters. The van der Waals surface area contributed by atoms with Gasteiger partial charge in [-0.1, -0.05) is 23.7 Å². The molecule has 4 aliphatic carbocycles. The van der Waals surface area contributed by atoms with Crippen LogP contribution in [0.25, 0.3) is 11.3 Å². The summed E-state index contributed by atoms with van der Waals surface area (Å²) in [5.74, 6) is 4.93. The molecule has 1 atom stereocenters. The van der Waals surface area contributed by atoms with Gasteiger partial charge in [0.15, 0.2) is 0 Å². The lowest BCUT2D eigenvalue weighted by molar-refractivity contribution is -0.0708. The molecule has 2 nitrogen and oxygen atoms in total. The van der Waals surface area contributed by atoms with Crippen molar-refractivity contribution in [2.75, 3.05) is 0 Å². The summed E-state index contributed by atoms with van der Waals surface area (Å²) in [6.45, 7) is 5.27. The van der Waals surface area contributed by atoms with Crippen LogP contribution in [-0.4, -0.2) is 6.04 Å². The molecule has 6 rings (SSSR count). The van der Waals surface area contributed by atoms with E-state index in [1.165, 1.54) is 38.5 Å². The van der Waals surface area contributed by atoms with Crippen molar-refractivity contribution in [1.82, 2.24) is 5.32 Å². The average Bonchev–Trinajstić information content (AvgIpc) is 3.09. The van der Waals surface area contributed by atoms with Crippen LogP contribution >= 0.6 is 11.6 Å². The monoisotopic (exact) mass is 383 g/mol. The van der Waals surface area contributed by atoms with Gasteiger partial charge >= 0.3 is 0 Å². The van der Waals surface area contributed by atoms with Gasteiger partial charge in [0.05, 0.1) is 6.54 Å². The lowest BCUT2D eigenvalue weighted by atomic mass is 9.48. The van der Waals surface area contributed by atoms with Crippen molar-refractivity contribution < 1.29 is 4.42 Å². The molecule has 1 N–H and O–H groups in total. The molecule has 0 spiro atoms. The van der Waals surface area contributed by atoms with E-state index in [1.807, 2.05) is 19.1 Å². The van der Waals surface area contributed by atoms with Gasteiger partial charge < -0.3 is 9.73 Å². The molecular formula is C24H30ClNO. The maximum atomic E-state index is 6.27. The highest BCUT2D eigenvalue weighted by molar-refractivity contribution is 6.31. The summed E-state index contributed by atoms with van der Waals surface area (Å²) in [6.07, 6.45) is 8.85. The van der Waals surface area contributed by atoms with Crippen LogP contribution in [0.4, 0.5) is 0 Å². The number of furan rings is 1. The van der Waals surface area contributed by atoms with E-state index in [2.05, 4.69) is 30.4 Å². The quantitative estimate of drug-likeness (QED) is 0.628. The zero-order valence-electron chi connectivity index (χ0n) is 16.4. The van der Waals surface area contributed by atoms with Crippen molar-refractivity contribution in [1.29, 1.82) is 0 Å². The molecule has 1 aromatic heterocycles. The molecule has 2 aromatic rings. The third-order valence-corrected chi connectivity index (χ3v) is 8.19. The highest BCUT2D eigenvalue weighted by atomic mass is 35.5. The summed E-state index contributed by atoms with van der Waals surface area (Å²) in [7, 11) is 0. The van der Waals surface area contributed by atoms with Crippen molar-refractivity contribution in [3.8, 4) is 11.3 Å². The summed E-state index contributed by atoms with van der Waals surface area (Å²) in [5.41, 5.74) is 2.70. The average molecular weight is 384 g/mol. The number of nitrogens with one attached hydrogen (secondary N) is 1. The van der Waals surface area contributed by atoms with Crippen molar-refractivity contribution in [2.45, 2.75) is 65.0 Å². The SMILES string of the molecule is Cc1c(Cl)cccc1-c1ccc(CN[C@H](C)C23CC4CC(CC(C4)C2)C3)o1. The first kappa shape index (κ1) is 17.8. The first-order valence-electron chi connectivity index (χ1n) is 10.6. The van der Waals surface area contributed by atoms with Gasteiger partial charge in [0, 0.05) is 16.6 Å². The molecule has 4 saturated carbocycles. The van der Waals surface area contributed by atoms with E-state index in [-0.39, 0.29) is 0 Å². The lowest BCUT2D eigenvalue weighted by Crippen LogP contribution is -2.54. The van der Waals surface area contributed by atoms with Gasteiger partial charge in [0.25, 0.3) is 0 Å². The Morgan fingerprint density at radius 1 is 1.07 bits per heavy atom. The third kappa shape index (κ3) is 3.15. The molecule has 0 radical (unpaired) electrons. The van der Waals surface area contributed by atoms with Gasteiger partial charge in [0.2, 0.25) is 0 Å². The Bertz CT molecular complexity index is 803. The maximum absolute atomic E-state index is 6.27. The van der Waals surface area contributed by atoms with Gasteiger partial charge in [0.1, 0.15) is 11.5 Å². The molecule has 27 heavy (non-hydrogen) atoms. The summed E-state index contributed by atoms with van der Waals surface area (Å²) in [5, 5.41) is 4.62. The van der Waals surface area contributed by atoms with E-state index >= 15 is 0 Å². The molecule has 144 valence electrons. The number of hydrogen-bond acceptors (Lipinski definition) is 2. The predicted octanol–water partition coefficient (Wildman–Crippen LogP) is 6.60. The Labute approximate surface area is 167 Å². The van der Waals surface area contributed by atoms with Crippen LogP contribution in [0.5, 0.6) is 0 Å². The van der Waals surface area contributed by atoms with Gasteiger partial charge in [-0.2, -0.15) is 0 Å². The van der Waals surface area contributed by atoms with E-state index in [9.17, 15) is 0 Å². The van der Waals surface area contributed by atoms with Crippen LogP contribution in [0.2, 0.25) is 5.02 Å². The molecule has 0 aliphatic heterocycles. The van der Waals surface area contributed by atoms with Crippen LogP contribution in [-0.2, 0) is 6.54 Å². The Balaban J connectivity index is 1.27.